The van der Waals surface area contributed by atoms with Crippen LogP contribution in [0.5, 0.6) is 5.75 Å². The van der Waals surface area contributed by atoms with Crippen LogP contribution in [-0.2, 0) is 50.3 Å². The quantitative estimate of drug-likeness (QED) is 0.0231. The van der Waals surface area contributed by atoms with Crippen molar-refractivity contribution < 1.29 is 60.6 Å². The topological polar surface area (TPSA) is 256 Å². The summed E-state index contributed by atoms with van der Waals surface area (Å²) in [5, 5.41) is 17.2. The predicted octanol–water partition coefficient (Wildman–Crippen LogP) is 9.00. The van der Waals surface area contributed by atoms with Gasteiger partial charge in [0.2, 0.25) is 11.8 Å². The molecule has 1 aliphatic rings. The van der Waals surface area contributed by atoms with Crippen molar-refractivity contribution >= 4 is 90.2 Å². The zero-order chi connectivity index (χ0) is 54.8. The maximum atomic E-state index is 14.4. The van der Waals surface area contributed by atoms with E-state index in [1.54, 1.807) is 33.5 Å². The SMILES string of the molecule is CCC(=O)CCC(C)(C)SSCCCC(=O)Nc1cc(C[C@@H](CC(C)C(=O)O)NC(=O)c2csc([C@@H](C[C@H](C(C)C)N(C)C(=O)[C@@H](CC(=O)[C@H]3CCCCN3C)[C@@H](C)CC)OC(C)=O)n2)ccc1OS(=O)(=O)O. The average Bonchev–Trinajstić information content (AvgIpc) is 3.81. The average molecular weight is 1100 g/mol. The summed E-state index contributed by atoms with van der Waals surface area (Å²) >= 11 is 1.08. The Labute approximate surface area is 444 Å². The van der Waals surface area contributed by atoms with Crippen LogP contribution in [0.2, 0.25) is 0 Å². The molecule has 4 N–H and O–H groups in total. The van der Waals surface area contributed by atoms with E-state index < -0.39 is 64.2 Å². The number of nitrogens with one attached hydrogen (secondary N) is 2. The molecule has 1 unspecified atom stereocenters. The second-order valence-electron chi connectivity index (χ2n) is 20.2. The number of aliphatic carboxylic acids is 1. The second kappa shape index (κ2) is 29.9. The molecule has 0 saturated carbocycles. The summed E-state index contributed by atoms with van der Waals surface area (Å²) in [6, 6.07) is 2.59. The number of aromatic nitrogens is 1. The number of carbonyl (C=O) groups excluding carboxylic acids is 6. The third-order valence-electron chi connectivity index (χ3n) is 13.3. The number of carbonyl (C=O) groups is 7. The van der Waals surface area contributed by atoms with Crippen LogP contribution in [0.4, 0.5) is 5.69 Å². The Morgan fingerprint density at radius 3 is 2.34 bits per heavy atom. The smallest absolute Gasteiger partial charge is 0.446 e. The first-order chi connectivity index (χ1) is 34.1. The van der Waals surface area contributed by atoms with Crippen LogP contribution in [0.1, 0.15) is 167 Å². The van der Waals surface area contributed by atoms with Crippen molar-refractivity contribution in [3.8, 4) is 5.75 Å². The number of likely N-dealkylation sites (N-methyl/N-ethyl adjacent to an activating group) is 1. The van der Waals surface area contributed by atoms with Gasteiger partial charge in [-0.1, -0.05) is 82.0 Å². The molecule has 2 aromatic rings. The van der Waals surface area contributed by atoms with Gasteiger partial charge in [-0.2, -0.15) is 8.42 Å². The maximum absolute atomic E-state index is 14.4. The largest absolute Gasteiger partial charge is 0.481 e. The third kappa shape index (κ3) is 21.6. The van der Waals surface area contributed by atoms with Crippen LogP contribution in [-0.4, -0.2) is 123 Å². The number of carboxylic acids is 1. The van der Waals surface area contributed by atoms with Crippen LogP contribution < -0.4 is 14.8 Å². The summed E-state index contributed by atoms with van der Waals surface area (Å²) in [5.41, 5.74) is 0.338. The lowest BCUT2D eigenvalue weighted by molar-refractivity contribution is -0.149. The number of piperidine rings is 1. The molecule has 410 valence electrons. The summed E-state index contributed by atoms with van der Waals surface area (Å²) in [6.45, 7) is 17.4. The highest BCUT2D eigenvalue weighted by Gasteiger charge is 2.38. The lowest BCUT2D eigenvalue weighted by Gasteiger charge is -2.37. The highest BCUT2D eigenvalue weighted by molar-refractivity contribution is 8.77. The zero-order valence-corrected chi connectivity index (χ0v) is 47.7. The molecule has 0 bridgehead atoms. The highest BCUT2D eigenvalue weighted by Crippen LogP contribution is 2.40. The number of Topliss-reactive ketones (excluding diaryl/α,β-unsaturated/α-hetero) is 2. The van der Waals surface area contributed by atoms with Crippen LogP contribution in [0.3, 0.4) is 0 Å². The molecule has 1 aromatic carbocycles. The van der Waals surface area contributed by atoms with Crippen molar-refractivity contribution in [3.63, 3.8) is 0 Å². The minimum Gasteiger partial charge on any atom is -0.481 e. The minimum atomic E-state index is -5.01. The molecule has 1 saturated heterocycles. The van der Waals surface area contributed by atoms with Gasteiger partial charge in [0, 0.05) is 80.0 Å². The Morgan fingerprint density at radius 1 is 1.04 bits per heavy atom. The molecule has 0 spiro atoms. The van der Waals surface area contributed by atoms with Gasteiger partial charge in [0.1, 0.15) is 16.5 Å². The van der Waals surface area contributed by atoms with E-state index in [0.717, 1.165) is 43.6 Å². The number of nitrogens with zero attached hydrogens (tertiary/aromatic N) is 3. The van der Waals surface area contributed by atoms with E-state index in [1.165, 1.54) is 37.4 Å². The Morgan fingerprint density at radius 2 is 1.74 bits per heavy atom. The number of esters is 1. The molecule has 1 fully saturated rings. The minimum absolute atomic E-state index is 0.00990. The molecule has 22 heteroatoms. The Bertz CT molecular complexity index is 2310. The first-order valence-electron chi connectivity index (χ1n) is 25.2. The number of rotatable bonds is 32. The number of thiazole rings is 1. The van der Waals surface area contributed by atoms with Gasteiger partial charge in [-0.05, 0) is 95.5 Å². The predicted molar refractivity (Wildman–Crippen MR) is 287 cm³/mol. The number of amides is 3. The Hall–Kier alpha value is -4.09. The van der Waals surface area contributed by atoms with Crippen LogP contribution in [0, 0.1) is 23.7 Å². The van der Waals surface area contributed by atoms with Gasteiger partial charge in [-0.25, -0.2) is 4.98 Å². The zero-order valence-electron chi connectivity index (χ0n) is 44.4. The van der Waals surface area contributed by atoms with Crippen molar-refractivity contribution in [1.82, 2.24) is 20.1 Å². The van der Waals surface area contributed by atoms with Crippen molar-refractivity contribution in [1.29, 1.82) is 0 Å². The summed E-state index contributed by atoms with van der Waals surface area (Å²) in [7, 11) is 1.87. The first kappa shape index (κ1) is 63.2. The molecular formula is C51H79N5O13S4. The molecule has 0 aliphatic carbocycles. The van der Waals surface area contributed by atoms with Crippen LogP contribution in [0.15, 0.2) is 23.6 Å². The van der Waals surface area contributed by atoms with Crippen LogP contribution in [0.25, 0.3) is 0 Å². The van der Waals surface area contributed by atoms with Gasteiger partial charge < -0.3 is 29.6 Å². The number of ketones is 2. The van der Waals surface area contributed by atoms with Gasteiger partial charge in [-0.3, -0.25) is 43.0 Å². The Balaban J connectivity index is 1.82. The van der Waals surface area contributed by atoms with E-state index in [1.807, 2.05) is 41.7 Å². The van der Waals surface area contributed by atoms with Gasteiger partial charge >= 0.3 is 22.3 Å². The molecule has 7 atom stereocenters. The molecule has 18 nitrogen and oxygen atoms in total. The summed E-state index contributed by atoms with van der Waals surface area (Å²) in [5.74, 6) is -4.15. The number of hydrogen-bond donors (Lipinski definition) is 4. The number of ether oxygens (including phenoxy) is 1. The fourth-order valence-corrected chi connectivity index (χ4v) is 12.6. The molecule has 0 radical (unpaired) electrons. The molecule has 1 aliphatic heterocycles. The molecule has 3 rings (SSSR count). The van der Waals surface area contributed by atoms with E-state index in [-0.39, 0.29) is 89.3 Å². The number of benzene rings is 1. The lowest BCUT2D eigenvalue weighted by Crippen LogP contribution is -2.48. The molecular weight excluding hydrogens is 1020 g/mol. The monoisotopic (exact) mass is 1100 g/mol. The lowest BCUT2D eigenvalue weighted by atomic mass is 9.83. The molecule has 73 heavy (non-hydrogen) atoms. The number of likely N-dealkylation sites (tertiary alicyclic amines) is 1. The fourth-order valence-electron chi connectivity index (χ4n) is 8.73. The van der Waals surface area contributed by atoms with Gasteiger partial charge in [-0.15, -0.1) is 11.3 Å². The third-order valence-corrected chi connectivity index (χ3v) is 18.1. The molecule has 1 aromatic heterocycles. The summed E-state index contributed by atoms with van der Waals surface area (Å²) < 4.78 is 43.5. The van der Waals surface area contributed by atoms with Gasteiger partial charge in [0.25, 0.3) is 5.91 Å². The molecule has 3 amide bonds. The van der Waals surface area contributed by atoms with Crippen molar-refractivity contribution in [2.45, 2.75) is 175 Å². The normalized spacial score (nSPS) is 16.9. The summed E-state index contributed by atoms with van der Waals surface area (Å²) in [4.78, 5) is 100.0. The number of hydrogen-bond acceptors (Lipinski definition) is 16. The van der Waals surface area contributed by atoms with Crippen molar-refractivity contribution in [2.75, 3.05) is 31.7 Å². The standard InChI is InChI=1S/C51H79N5O13S4/c1-12-32(5)38(28-43(59)41-17-14-15-23-55(41)10)49(62)56(11)42(31(3)4)29-45(68-34(7)57)48-54-40(30-70-48)47(61)52-36(25-33(6)50(63)64)26-35-19-20-44(69-73(65,66)67)39(27-35)53-46(60)18-16-24-71-72-51(8,9)22-21-37(58)13-2/h19-20,27,30-33,36,38,41-42,45H,12-18,21-26,28-29H2,1-11H3,(H,52,61)(H,53,60)(H,63,64)(H,65,66,67)/t32-,33?,36+,38-,41+,42+,45+/m0/s1. The molecule has 2 heterocycles. The fraction of sp³-hybridized carbons (Fsp3) is 0.686. The van der Waals surface area contributed by atoms with E-state index in [2.05, 4.69) is 34.4 Å². The van der Waals surface area contributed by atoms with Gasteiger partial charge in [0.15, 0.2) is 17.6 Å². The summed E-state index contributed by atoms with van der Waals surface area (Å²) in [6.07, 6.45) is 4.99. The first-order valence-corrected chi connectivity index (χ1v) is 29.8. The van der Waals surface area contributed by atoms with Crippen molar-refractivity contribution in [3.05, 3.63) is 39.8 Å². The van der Waals surface area contributed by atoms with E-state index in [9.17, 15) is 51.6 Å². The van der Waals surface area contributed by atoms with Crippen molar-refractivity contribution in [2.24, 2.45) is 23.7 Å². The van der Waals surface area contributed by atoms with E-state index in [4.69, 9.17) is 8.92 Å². The maximum Gasteiger partial charge on any atom is 0.446 e. The van der Waals surface area contributed by atoms with E-state index >= 15 is 0 Å². The number of carboxylic acid groups (broad SMARTS) is 1. The van der Waals surface area contributed by atoms with Crippen LogP contribution >= 0.6 is 32.9 Å². The van der Waals surface area contributed by atoms with Gasteiger partial charge in [0.05, 0.1) is 17.6 Å². The second-order valence-corrected chi connectivity index (χ2v) is 25.3. The Kier molecular flexibility index (Phi) is 25.8. The highest BCUT2D eigenvalue weighted by atomic mass is 33.1. The number of anilines is 1. The van der Waals surface area contributed by atoms with E-state index in [0.29, 0.717) is 42.0 Å².